The predicted molar refractivity (Wildman–Crippen MR) is 173 cm³/mol. The summed E-state index contributed by atoms with van der Waals surface area (Å²) in [5.41, 5.74) is 2.17. The fourth-order valence-electron chi connectivity index (χ4n) is 4.45. The van der Waals surface area contributed by atoms with Crippen molar-refractivity contribution in [1.29, 1.82) is 0 Å². The molecule has 2 N–H and O–H groups in total. The molecule has 0 spiro atoms. The molecule has 0 aliphatic rings. The van der Waals surface area contributed by atoms with Gasteiger partial charge in [0.05, 0.1) is 23.7 Å². The van der Waals surface area contributed by atoms with Gasteiger partial charge in [-0.05, 0) is 120 Å². The molecule has 0 saturated carbocycles. The minimum Gasteiger partial charge on any atom is -0.388 e. The highest BCUT2D eigenvalue weighted by Crippen LogP contribution is 2.27. The third-order valence-corrected chi connectivity index (χ3v) is 8.22. The van der Waals surface area contributed by atoms with E-state index in [2.05, 4.69) is 25.2 Å². The molecular formula is C32H58O8S2. The molecule has 0 rings (SSSR count). The molecule has 246 valence electrons. The molecular weight excluding hydrogens is 576 g/mol. The first kappa shape index (κ1) is 40.7. The summed E-state index contributed by atoms with van der Waals surface area (Å²) in [7, 11) is -7.36. The Labute approximate surface area is 257 Å². The van der Waals surface area contributed by atoms with Crippen molar-refractivity contribution in [2.75, 3.05) is 12.5 Å². The van der Waals surface area contributed by atoms with Gasteiger partial charge in [-0.1, -0.05) is 46.6 Å². The first-order chi connectivity index (χ1) is 19.0. The zero-order chi connectivity index (χ0) is 32.8. The molecule has 3 atom stereocenters. The number of allylic oxidation sites excluding steroid dienone is 8. The summed E-state index contributed by atoms with van der Waals surface area (Å²) in [4.78, 5) is 0. The first-order valence-corrected chi connectivity index (χ1v) is 18.5. The van der Waals surface area contributed by atoms with E-state index in [0.717, 1.165) is 54.9 Å². The second-order valence-electron chi connectivity index (χ2n) is 12.8. The van der Waals surface area contributed by atoms with Crippen LogP contribution in [0.3, 0.4) is 0 Å². The van der Waals surface area contributed by atoms with Crippen LogP contribution in [0.1, 0.15) is 120 Å². The lowest BCUT2D eigenvalue weighted by molar-refractivity contribution is -0.0532. The van der Waals surface area contributed by atoms with Gasteiger partial charge in [0.1, 0.15) is 12.2 Å². The van der Waals surface area contributed by atoms with Crippen molar-refractivity contribution in [3.63, 3.8) is 0 Å². The summed E-state index contributed by atoms with van der Waals surface area (Å²) in [5.74, 6) is 0. The van der Waals surface area contributed by atoms with Crippen LogP contribution in [0, 0.1) is 0 Å². The van der Waals surface area contributed by atoms with Crippen molar-refractivity contribution < 1.29 is 35.4 Å². The van der Waals surface area contributed by atoms with Crippen molar-refractivity contribution in [2.24, 2.45) is 0 Å². The molecule has 0 unspecified atom stereocenters. The minimum atomic E-state index is -3.70. The van der Waals surface area contributed by atoms with Gasteiger partial charge in [0.15, 0.2) is 0 Å². The number of unbranched alkanes of at least 4 members (excludes halogenated alkanes) is 1. The highest BCUT2D eigenvalue weighted by atomic mass is 32.2. The first-order valence-electron chi connectivity index (χ1n) is 14.8. The second-order valence-corrected chi connectivity index (χ2v) is 16.0. The maximum absolute atomic E-state index is 11.8. The molecule has 8 nitrogen and oxygen atoms in total. The standard InChI is InChI=1S/C32H58O8S2/c1-25(2)15-14-24-32(8,34)30(40-42(10,37)38)23-21-27(4)17-12-11-16-26(3)18-13-19-28(5)20-22-29(31(6,7)33)39-41(9,35)36/h15-17,19,29-30,33-34H,11-14,18,20-24H2,1-10H3/b26-16+,27-17+,28-19+/t29-,30+,32-/m0/s1. The molecule has 0 fully saturated rings. The topological polar surface area (TPSA) is 127 Å². The Morgan fingerprint density at radius 1 is 0.643 bits per heavy atom. The maximum atomic E-state index is 11.8. The Morgan fingerprint density at radius 3 is 1.48 bits per heavy atom. The fourth-order valence-corrected chi connectivity index (χ4v) is 5.93. The van der Waals surface area contributed by atoms with E-state index < -0.39 is 43.6 Å². The van der Waals surface area contributed by atoms with Gasteiger partial charge in [-0.25, -0.2) is 0 Å². The third kappa shape index (κ3) is 21.4. The second kappa shape index (κ2) is 18.5. The van der Waals surface area contributed by atoms with Gasteiger partial charge in [-0.2, -0.15) is 16.8 Å². The van der Waals surface area contributed by atoms with Crippen molar-refractivity contribution >= 4 is 20.2 Å². The molecule has 0 aromatic heterocycles. The van der Waals surface area contributed by atoms with Gasteiger partial charge in [-0.3, -0.25) is 8.37 Å². The van der Waals surface area contributed by atoms with E-state index in [1.807, 2.05) is 33.8 Å². The fraction of sp³-hybridized carbons (Fsp3) is 0.750. The van der Waals surface area contributed by atoms with Gasteiger partial charge < -0.3 is 10.2 Å². The van der Waals surface area contributed by atoms with Crippen LogP contribution in [0.5, 0.6) is 0 Å². The van der Waals surface area contributed by atoms with E-state index in [1.165, 1.54) is 5.57 Å². The molecule has 0 aromatic rings. The molecule has 0 aliphatic carbocycles. The Balaban J connectivity index is 4.81. The lowest BCUT2D eigenvalue weighted by Gasteiger charge is -2.32. The molecule has 0 amide bonds. The number of hydrogen-bond acceptors (Lipinski definition) is 8. The van der Waals surface area contributed by atoms with Crippen LogP contribution in [-0.4, -0.2) is 63.0 Å². The van der Waals surface area contributed by atoms with E-state index in [0.29, 0.717) is 38.5 Å². The monoisotopic (exact) mass is 634 g/mol. The number of rotatable bonds is 21. The summed E-state index contributed by atoms with van der Waals surface area (Å²) in [5, 5.41) is 21.2. The smallest absolute Gasteiger partial charge is 0.264 e. The van der Waals surface area contributed by atoms with Crippen LogP contribution in [0.15, 0.2) is 46.6 Å². The molecule has 10 heteroatoms. The highest BCUT2D eigenvalue weighted by molar-refractivity contribution is 7.86. The zero-order valence-corrected chi connectivity index (χ0v) is 29.3. The SMILES string of the molecule is CC(C)=CCC[C@](C)(O)[C@@H](CC/C(C)=C/CC/C=C(\C)CC/C=C(\C)CC[C@H](OS(C)(=O)=O)C(C)(C)O)OS(C)(=O)=O. The van der Waals surface area contributed by atoms with E-state index in [-0.39, 0.29) is 0 Å². The average Bonchev–Trinajstić information content (AvgIpc) is 2.79. The van der Waals surface area contributed by atoms with E-state index in [4.69, 9.17) is 8.37 Å². The molecule has 0 heterocycles. The van der Waals surface area contributed by atoms with Gasteiger partial charge in [0.2, 0.25) is 0 Å². The zero-order valence-electron chi connectivity index (χ0n) is 27.7. The van der Waals surface area contributed by atoms with Gasteiger partial charge >= 0.3 is 0 Å². The van der Waals surface area contributed by atoms with Crippen LogP contribution in [-0.2, 0) is 28.6 Å². The van der Waals surface area contributed by atoms with Crippen LogP contribution >= 0.6 is 0 Å². The molecule has 0 bridgehead atoms. The van der Waals surface area contributed by atoms with E-state index >= 15 is 0 Å². The highest BCUT2D eigenvalue weighted by Gasteiger charge is 2.34. The van der Waals surface area contributed by atoms with E-state index in [9.17, 15) is 27.0 Å². The number of aliphatic hydroxyl groups is 2. The Bertz CT molecular complexity index is 1150. The third-order valence-electron chi connectivity index (χ3n) is 7.05. The average molecular weight is 635 g/mol. The van der Waals surface area contributed by atoms with Crippen LogP contribution in [0.25, 0.3) is 0 Å². The normalized spacial score (nSPS) is 17.1. The molecule has 0 aromatic carbocycles. The van der Waals surface area contributed by atoms with Crippen LogP contribution in [0.4, 0.5) is 0 Å². The molecule has 42 heavy (non-hydrogen) atoms. The van der Waals surface area contributed by atoms with Crippen molar-refractivity contribution in [2.45, 2.75) is 143 Å². The van der Waals surface area contributed by atoms with Crippen molar-refractivity contribution in [1.82, 2.24) is 0 Å². The Morgan fingerprint density at radius 2 is 1.05 bits per heavy atom. The van der Waals surface area contributed by atoms with Gasteiger partial charge in [0, 0.05) is 0 Å². The summed E-state index contributed by atoms with van der Waals surface area (Å²) in [6, 6.07) is 0. The molecule has 0 aliphatic heterocycles. The Kier molecular flexibility index (Phi) is 17.9. The number of hydrogen-bond donors (Lipinski definition) is 2. The maximum Gasteiger partial charge on any atom is 0.264 e. The predicted octanol–water partition coefficient (Wildman–Crippen LogP) is 6.90. The van der Waals surface area contributed by atoms with E-state index in [1.54, 1.807) is 20.8 Å². The summed E-state index contributed by atoms with van der Waals surface area (Å²) in [6.07, 6.45) is 15.7. The van der Waals surface area contributed by atoms with Crippen molar-refractivity contribution in [3.05, 3.63) is 46.6 Å². The summed E-state index contributed by atoms with van der Waals surface area (Å²) in [6.45, 7) is 14.8. The lowest BCUT2D eigenvalue weighted by atomic mass is 9.89. The Hall–Kier alpha value is -1.30. The van der Waals surface area contributed by atoms with Crippen molar-refractivity contribution in [3.8, 4) is 0 Å². The molecule has 0 saturated heterocycles. The van der Waals surface area contributed by atoms with Gasteiger partial charge in [-0.15, -0.1) is 0 Å². The lowest BCUT2D eigenvalue weighted by Crippen LogP contribution is -2.42. The van der Waals surface area contributed by atoms with Crippen LogP contribution < -0.4 is 0 Å². The largest absolute Gasteiger partial charge is 0.388 e. The summed E-state index contributed by atoms with van der Waals surface area (Å²) < 4.78 is 57.1. The summed E-state index contributed by atoms with van der Waals surface area (Å²) >= 11 is 0. The quantitative estimate of drug-likeness (QED) is 0.0793. The molecule has 0 radical (unpaired) electrons. The van der Waals surface area contributed by atoms with Crippen LogP contribution in [0.2, 0.25) is 0 Å². The van der Waals surface area contributed by atoms with Gasteiger partial charge in [0.25, 0.3) is 20.2 Å². The minimum absolute atomic E-state index is 0.411.